The first-order valence-electron chi connectivity index (χ1n) is 5.21. The quantitative estimate of drug-likeness (QED) is 0.683. The van der Waals surface area contributed by atoms with Gasteiger partial charge in [-0.3, -0.25) is 0 Å². The van der Waals surface area contributed by atoms with Crippen LogP contribution in [0, 0.1) is 5.92 Å². The first-order chi connectivity index (χ1) is 6.41. The molecule has 0 bridgehead atoms. The number of nitrogens with one attached hydrogen (secondary N) is 1. The van der Waals surface area contributed by atoms with Crippen LogP contribution in [0.25, 0.3) is 0 Å². The summed E-state index contributed by atoms with van der Waals surface area (Å²) in [6.45, 7) is 8.82. The Hall–Kier alpha value is -0.350. The van der Waals surface area contributed by atoms with Gasteiger partial charge in [0.1, 0.15) is 5.72 Å². The third-order valence-electron chi connectivity index (χ3n) is 3.20. The van der Waals surface area contributed by atoms with Gasteiger partial charge in [-0.2, -0.15) is 0 Å². The smallest absolute Gasteiger partial charge is 0.171 e. The lowest BCUT2D eigenvalue weighted by molar-refractivity contribution is -0.115. The molecule has 0 aromatic heterocycles. The van der Waals surface area contributed by atoms with Gasteiger partial charge in [0.05, 0.1) is 0 Å². The highest BCUT2D eigenvalue weighted by atomic mass is 32.1. The molecule has 3 atom stereocenters. The molecule has 0 spiro atoms. The van der Waals surface area contributed by atoms with Gasteiger partial charge >= 0.3 is 0 Å². The van der Waals surface area contributed by atoms with Gasteiger partial charge in [-0.05, 0) is 32.5 Å². The Morgan fingerprint density at radius 3 is 2.64 bits per heavy atom. The fourth-order valence-electron chi connectivity index (χ4n) is 1.87. The van der Waals surface area contributed by atoms with Crippen molar-refractivity contribution in [1.82, 2.24) is 10.2 Å². The molecule has 1 aliphatic heterocycles. The van der Waals surface area contributed by atoms with E-state index in [0.717, 1.165) is 13.0 Å². The van der Waals surface area contributed by atoms with E-state index in [1.54, 1.807) is 0 Å². The molecule has 0 aromatic carbocycles. The minimum Gasteiger partial charge on any atom is -0.371 e. The van der Waals surface area contributed by atoms with Gasteiger partial charge in [-0.1, -0.05) is 13.8 Å². The molecule has 82 valence electrons. The number of thiocarbonyl (C=S) groups is 1. The summed E-state index contributed by atoms with van der Waals surface area (Å²) in [5.74, 6) is 0.167. The molecule has 4 heteroatoms. The first-order valence-corrected chi connectivity index (χ1v) is 5.62. The second-order valence-corrected chi connectivity index (χ2v) is 4.66. The van der Waals surface area contributed by atoms with Gasteiger partial charge in [-0.15, -0.1) is 0 Å². The largest absolute Gasteiger partial charge is 0.371 e. The van der Waals surface area contributed by atoms with Crippen LogP contribution in [0.4, 0.5) is 0 Å². The van der Waals surface area contributed by atoms with Crippen LogP contribution in [0.3, 0.4) is 0 Å². The van der Waals surface area contributed by atoms with Crippen molar-refractivity contribution in [3.8, 4) is 0 Å². The van der Waals surface area contributed by atoms with Crippen LogP contribution >= 0.6 is 12.2 Å². The van der Waals surface area contributed by atoms with Crippen molar-refractivity contribution in [2.24, 2.45) is 5.92 Å². The Bertz CT molecular complexity index is 230. The average molecular weight is 216 g/mol. The van der Waals surface area contributed by atoms with Gasteiger partial charge in [0.25, 0.3) is 0 Å². The van der Waals surface area contributed by atoms with Gasteiger partial charge in [-0.25, -0.2) is 0 Å². The lowest BCUT2D eigenvalue weighted by Gasteiger charge is -2.49. The Labute approximate surface area is 91.5 Å². The third kappa shape index (κ3) is 1.86. The molecule has 0 aromatic rings. The van der Waals surface area contributed by atoms with Crippen LogP contribution in [-0.2, 0) is 0 Å². The van der Waals surface area contributed by atoms with Crippen molar-refractivity contribution in [2.75, 3.05) is 6.54 Å². The molecule has 0 radical (unpaired) electrons. The van der Waals surface area contributed by atoms with Crippen molar-refractivity contribution in [3.05, 3.63) is 0 Å². The number of aliphatic hydroxyl groups is 1. The fourth-order valence-corrected chi connectivity index (χ4v) is 2.34. The summed E-state index contributed by atoms with van der Waals surface area (Å²) in [5, 5.41) is 14.3. The number of hydrogen-bond acceptors (Lipinski definition) is 2. The molecule has 0 amide bonds. The Kier molecular flexibility index (Phi) is 3.37. The Morgan fingerprint density at radius 2 is 2.14 bits per heavy atom. The molecular weight excluding hydrogens is 196 g/mol. The average Bonchev–Trinajstić information content (AvgIpc) is 2.10. The Morgan fingerprint density at radius 1 is 1.57 bits per heavy atom. The lowest BCUT2D eigenvalue weighted by atomic mass is 9.89. The molecule has 0 saturated carbocycles. The SMILES string of the molecule is CCCN1C(=S)NC(C)C(C)C1(C)O. The summed E-state index contributed by atoms with van der Waals surface area (Å²) in [4.78, 5) is 1.88. The van der Waals surface area contributed by atoms with E-state index >= 15 is 0 Å². The van der Waals surface area contributed by atoms with Crippen molar-refractivity contribution in [3.63, 3.8) is 0 Å². The van der Waals surface area contributed by atoms with E-state index in [4.69, 9.17) is 12.2 Å². The zero-order valence-electron chi connectivity index (χ0n) is 9.37. The van der Waals surface area contributed by atoms with Crippen LogP contribution in [0.5, 0.6) is 0 Å². The van der Waals surface area contributed by atoms with E-state index in [9.17, 15) is 5.11 Å². The maximum absolute atomic E-state index is 10.4. The second-order valence-electron chi connectivity index (χ2n) is 4.27. The second kappa shape index (κ2) is 4.03. The summed E-state index contributed by atoms with van der Waals surface area (Å²) in [6, 6.07) is 0.227. The molecule has 3 unspecified atom stereocenters. The lowest BCUT2D eigenvalue weighted by Crippen LogP contribution is -2.66. The van der Waals surface area contributed by atoms with Crippen LogP contribution in [0.15, 0.2) is 0 Å². The zero-order chi connectivity index (χ0) is 10.9. The summed E-state index contributed by atoms with van der Waals surface area (Å²) in [5.41, 5.74) is -0.822. The van der Waals surface area contributed by atoms with Crippen LogP contribution < -0.4 is 5.32 Å². The van der Waals surface area contributed by atoms with Gasteiger partial charge < -0.3 is 15.3 Å². The van der Waals surface area contributed by atoms with E-state index in [-0.39, 0.29) is 12.0 Å². The molecule has 1 fully saturated rings. The van der Waals surface area contributed by atoms with E-state index in [1.807, 2.05) is 18.7 Å². The van der Waals surface area contributed by atoms with Crippen molar-refractivity contribution in [2.45, 2.75) is 45.9 Å². The van der Waals surface area contributed by atoms with E-state index < -0.39 is 5.72 Å². The normalized spacial score (nSPS) is 38.4. The predicted molar refractivity (Wildman–Crippen MR) is 62.0 cm³/mol. The van der Waals surface area contributed by atoms with Crippen molar-refractivity contribution >= 4 is 17.3 Å². The molecule has 1 heterocycles. The standard InChI is InChI=1S/C10H20N2OS/c1-5-6-12-9(14)11-8(3)7(2)10(12,4)13/h7-8,13H,5-6H2,1-4H3,(H,11,14). The number of nitrogens with zero attached hydrogens (tertiary/aromatic N) is 1. The summed E-state index contributed by atoms with van der Waals surface area (Å²) >= 11 is 5.23. The highest BCUT2D eigenvalue weighted by molar-refractivity contribution is 7.80. The van der Waals surface area contributed by atoms with E-state index in [0.29, 0.717) is 5.11 Å². The molecular formula is C10H20N2OS. The molecule has 1 aliphatic rings. The first kappa shape index (κ1) is 11.7. The van der Waals surface area contributed by atoms with Crippen molar-refractivity contribution in [1.29, 1.82) is 0 Å². The topological polar surface area (TPSA) is 35.5 Å². The number of hydrogen-bond donors (Lipinski definition) is 2. The molecule has 3 nitrogen and oxygen atoms in total. The fraction of sp³-hybridized carbons (Fsp3) is 0.900. The minimum atomic E-state index is -0.822. The predicted octanol–water partition coefficient (Wildman–Crippen LogP) is 1.32. The number of rotatable bonds is 2. The van der Waals surface area contributed by atoms with Crippen LogP contribution in [0.1, 0.15) is 34.1 Å². The Balaban J connectivity index is 2.87. The van der Waals surface area contributed by atoms with Gasteiger partial charge in [0.2, 0.25) is 0 Å². The van der Waals surface area contributed by atoms with Crippen molar-refractivity contribution < 1.29 is 5.11 Å². The molecule has 14 heavy (non-hydrogen) atoms. The zero-order valence-corrected chi connectivity index (χ0v) is 10.2. The molecule has 1 saturated heterocycles. The van der Waals surface area contributed by atoms with Gasteiger partial charge in [0.15, 0.2) is 5.11 Å². The maximum atomic E-state index is 10.4. The monoisotopic (exact) mass is 216 g/mol. The third-order valence-corrected chi connectivity index (χ3v) is 3.54. The molecule has 0 aliphatic carbocycles. The van der Waals surface area contributed by atoms with Crippen LogP contribution in [-0.4, -0.2) is 33.4 Å². The minimum absolute atomic E-state index is 0.167. The molecule has 2 N–H and O–H groups in total. The van der Waals surface area contributed by atoms with Crippen LogP contribution in [0.2, 0.25) is 0 Å². The van der Waals surface area contributed by atoms with E-state index in [2.05, 4.69) is 19.2 Å². The molecule has 1 rings (SSSR count). The highest BCUT2D eigenvalue weighted by Crippen LogP contribution is 2.29. The van der Waals surface area contributed by atoms with E-state index in [1.165, 1.54) is 0 Å². The van der Waals surface area contributed by atoms with Gasteiger partial charge in [0, 0.05) is 18.5 Å². The maximum Gasteiger partial charge on any atom is 0.171 e. The summed E-state index contributed by atoms with van der Waals surface area (Å²) in [6.07, 6.45) is 0.985. The highest BCUT2D eigenvalue weighted by Gasteiger charge is 2.43. The summed E-state index contributed by atoms with van der Waals surface area (Å²) < 4.78 is 0. The summed E-state index contributed by atoms with van der Waals surface area (Å²) in [7, 11) is 0.